The molecule has 0 aliphatic carbocycles. The van der Waals surface area contributed by atoms with Crippen molar-refractivity contribution in [3.05, 3.63) is 58.6 Å². The van der Waals surface area contributed by atoms with Gasteiger partial charge < -0.3 is 14.8 Å². The zero-order chi connectivity index (χ0) is 15.1. The van der Waals surface area contributed by atoms with Crippen LogP contribution in [-0.2, 0) is 4.74 Å². The summed E-state index contributed by atoms with van der Waals surface area (Å²) in [4.78, 5) is 12.3. The highest BCUT2D eigenvalue weighted by atomic mass is 79.9. The van der Waals surface area contributed by atoms with Crippen molar-refractivity contribution < 1.29 is 14.3 Å². The lowest BCUT2D eigenvalue weighted by molar-refractivity contribution is 0.101. The summed E-state index contributed by atoms with van der Waals surface area (Å²) in [5.74, 6) is 0.336. The van der Waals surface area contributed by atoms with Crippen molar-refractivity contribution >= 4 is 27.5 Å². The number of para-hydroxylation sites is 1. The van der Waals surface area contributed by atoms with Crippen molar-refractivity contribution in [2.45, 2.75) is 0 Å². The highest BCUT2D eigenvalue weighted by Crippen LogP contribution is 2.21. The number of ether oxygens (including phenoxy) is 2. The van der Waals surface area contributed by atoms with Crippen molar-refractivity contribution in [1.82, 2.24) is 0 Å². The Labute approximate surface area is 132 Å². The van der Waals surface area contributed by atoms with Gasteiger partial charge >= 0.3 is 0 Å². The van der Waals surface area contributed by atoms with Crippen molar-refractivity contribution in [1.29, 1.82) is 0 Å². The van der Waals surface area contributed by atoms with Crippen LogP contribution in [-0.4, -0.2) is 26.2 Å². The minimum Gasteiger partial charge on any atom is -0.490 e. The van der Waals surface area contributed by atoms with Gasteiger partial charge in [-0.15, -0.1) is 0 Å². The highest BCUT2D eigenvalue weighted by Gasteiger charge is 2.12. The summed E-state index contributed by atoms with van der Waals surface area (Å²) >= 11 is 3.38. The Bertz CT molecular complexity index is 616. The van der Waals surface area contributed by atoms with E-state index in [1.807, 2.05) is 30.3 Å². The monoisotopic (exact) mass is 349 g/mol. The molecule has 2 rings (SSSR count). The zero-order valence-corrected chi connectivity index (χ0v) is 13.2. The Morgan fingerprint density at radius 2 is 1.95 bits per heavy atom. The van der Waals surface area contributed by atoms with Gasteiger partial charge in [-0.25, -0.2) is 0 Å². The molecule has 0 aliphatic rings. The number of methoxy groups -OCH3 is 1. The summed E-state index contributed by atoms with van der Waals surface area (Å²) < 4.78 is 11.4. The number of anilines is 1. The van der Waals surface area contributed by atoms with E-state index in [9.17, 15) is 4.79 Å². The Morgan fingerprint density at radius 3 is 2.71 bits per heavy atom. The maximum Gasteiger partial charge on any atom is 0.259 e. The van der Waals surface area contributed by atoms with Crippen LogP contribution in [0, 0.1) is 0 Å². The fourth-order valence-electron chi connectivity index (χ4n) is 1.78. The van der Waals surface area contributed by atoms with Crippen LogP contribution in [0.1, 0.15) is 10.4 Å². The number of halogens is 1. The van der Waals surface area contributed by atoms with Crippen LogP contribution < -0.4 is 10.1 Å². The maximum absolute atomic E-state index is 12.3. The third-order valence-corrected chi connectivity index (χ3v) is 3.25. The Kier molecular flexibility index (Phi) is 5.78. The van der Waals surface area contributed by atoms with Crippen LogP contribution in [0.5, 0.6) is 5.75 Å². The van der Waals surface area contributed by atoms with Gasteiger partial charge in [0, 0.05) is 17.3 Å². The van der Waals surface area contributed by atoms with E-state index in [-0.39, 0.29) is 5.91 Å². The molecule has 0 saturated heterocycles. The number of hydrogen-bond donors (Lipinski definition) is 1. The third kappa shape index (κ3) is 4.58. The maximum atomic E-state index is 12.3. The van der Waals surface area contributed by atoms with Crippen LogP contribution in [0.2, 0.25) is 0 Å². The fraction of sp³-hybridized carbons (Fsp3) is 0.188. The van der Waals surface area contributed by atoms with E-state index in [4.69, 9.17) is 9.47 Å². The standard InChI is InChI=1S/C16H16BrNO3/c1-20-9-10-21-15-8-3-2-7-14(15)16(19)18-13-6-4-5-12(17)11-13/h2-8,11H,9-10H2,1H3,(H,18,19). The second kappa shape index (κ2) is 7.81. The average Bonchev–Trinajstić information content (AvgIpc) is 2.48. The van der Waals surface area contributed by atoms with Crippen molar-refractivity contribution in [2.24, 2.45) is 0 Å². The van der Waals surface area contributed by atoms with E-state index >= 15 is 0 Å². The first kappa shape index (κ1) is 15.5. The van der Waals surface area contributed by atoms with Gasteiger partial charge in [-0.2, -0.15) is 0 Å². The van der Waals surface area contributed by atoms with E-state index < -0.39 is 0 Å². The molecule has 0 heterocycles. The molecule has 0 radical (unpaired) electrons. The first-order chi connectivity index (χ1) is 10.2. The lowest BCUT2D eigenvalue weighted by Gasteiger charge is -2.11. The van der Waals surface area contributed by atoms with Crippen LogP contribution >= 0.6 is 15.9 Å². The number of hydrogen-bond acceptors (Lipinski definition) is 3. The largest absolute Gasteiger partial charge is 0.490 e. The Morgan fingerprint density at radius 1 is 1.14 bits per heavy atom. The third-order valence-electron chi connectivity index (χ3n) is 2.76. The number of nitrogens with one attached hydrogen (secondary N) is 1. The van der Waals surface area contributed by atoms with E-state index in [0.717, 1.165) is 10.2 Å². The lowest BCUT2D eigenvalue weighted by Crippen LogP contribution is -2.14. The van der Waals surface area contributed by atoms with Gasteiger partial charge in [0.15, 0.2) is 0 Å². The molecule has 4 nitrogen and oxygen atoms in total. The normalized spacial score (nSPS) is 10.2. The summed E-state index contributed by atoms with van der Waals surface area (Å²) in [5.41, 5.74) is 1.22. The van der Waals surface area contributed by atoms with Crippen molar-refractivity contribution in [2.75, 3.05) is 25.6 Å². The second-order valence-corrected chi connectivity index (χ2v) is 5.22. The SMILES string of the molecule is COCCOc1ccccc1C(=O)Nc1cccc(Br)c1. The molecule has 0 atom stereocenters. The van der Waals surface area contributed by atoms with Crippen LogP contribution in [0.25, 0.3) is 0 Å². The molecule has 0 aromatic heterocycles. The van der Waals surface area contributed by atoms with Gasteiger partial charge in [-0.1, -0.05) is 34.1 Å². The molecule has 21 heavy (non-hydrogen) atoms. The van der Waals surface area contributed by atoms with Crippen LogP contribution in [0.3, 0.4) is 0 Å². The lowest BCUT2D eigenvalue weighted by atomic mass is 10.2. The number of rotatable bonds is 6. The summed E-state index contributed by atoms with van der Waals surface area (Å²) in [6.45, 7) is 0.874. The van der Waals surface area contributed by atoms with Crippen molar-refractivity contribution in [3.63, 3.8) is 0 Å². The summed E-state index contributed by atoms with van der Waals surface area (Å²) in [5, 5.41) is 2.85. The molecule has 0 fully saturated rings. The van der Waals surface area contributed by atoms with E-state index in [1.165, 1.54) is 0 Å². The summed E-state index contributed by atoms with van der Waals surface area (Å²) in [6.07, 6.45) is 0. The average molecular weight is 350 g/mol. The number of carbonyl (C=O) groups is 1. The van der Waals surface area contributed by atoms with Gasteiger partial charge in [0.2, 0.25) is 0 Å². The highest BCUT2D eigenvalue weighted by molar-refractivity contribution is 9.10. The first-order valence-electron chi connectivity index (χ1n) is 6.48. The molecular formula is C16H16BrNO3. The molecule has 2 aromatic rings. The van der Waals surface area contributed by atoms with E-state index in [1.54, 1.807) is 25.3 Å². The minimum atomic E-state index is -0.207. The van der Waals surface area contributed by atoms with E-state index in [0.29, 0.717) is 24.5 Å². The molecule has 0 spiro atoms. The molecule has 0 saturated carbocycles. The predicted octanol–water partition coefficient (Wildman–Crippen LogP) is 3.73. The fourth-order valence-corrected chi connectivity index (χ4v) is 2.18. The van der Waals surface area contributed by atoms with Gasteiger partial charge in [0.25, 0.3) is 5.91 Å². The zero-order valence-electron chi connectivity index (χ0n) is 11.6. The quantitative estimate of drug-likeness (QED) is 0.808. The molecule has 1 N–H and O–H groups in total. The molecular weight excluding hydrogens is 334 g/mol. The van der Waals surface area contributed by atoms with Gasteiger partial charge in [0.05, 0.1) is 12.2 Å². The predicted molar refractivity (Wildman–Crippen MR) is 85.9 cm³/mol. The number of carbonyl (C=O) groups excluding carboxylic acids is 1. The number of benzene rings is 2. The molecule has 1 amide bonds. The molecule has 0 bridgehead atoms. The second-order valence-electron chi connectivity index (χ2n) is 4.30. The Hall–Kier alpha value is -1.85. The summed E-state index contributed by atoms with van der Waals surface area (Å²) in [7, 11) is 1.61. The van der Waals surface area contributed by atoms with E-state index in [2.05, 4.69) is 21.2 Å². The van der Waals surface area contributed by atoms with Crippen LogP contribution in [0.4, 0.5) is 5.69 Å². The first-order valence-corrected chi connectivity index (χ1v) is 7.27. The molecule has 5 heteroatoms. The molecule has 2 aromatic carbocycles. The molecule has 0 unspecified atom stereocenters. The van der Waals surface area contributed by atoms with Crippen molar-refractivity contribution in [3.8, 4) is 5.75 Å². The Balaban J connectivity index is 2.11. The van der Waals surface area contributed by atoms with Gasteiger partial charge in [-0.3, -0.25) is 4.79 Å². The summed E-state index contributed by atoms with van der Waals surface area (Å²) in [6, 6.07) is 14.6. The topological polar surface area (TPSA) is 47.6 Å². The molecule has 110 valence electrons. The minimum absolute atomic E-state index is 0.207. The van der Waals surface area contributed by atoms with Gasteiger partial charge in [0.1, 0.15) is 12.4 Å². The van der Waals surface area contributed by atoms with Crippen LogP contribution in [0.15, 0.2) is 53.0 Å². The number of amides is 1. The molecule has 0 aliphatic heterocycles. The van der Waals surface area contributed by atoms with Gasteiger partial charge in [-0.05, 0) is 30.3 Å². The smallest absolute Gasteiger partial charge is 0.259 e.